The molecule has 5 rings (SSSR count). The zero-order chi connectivity index (χ0) is 22.8. The highest BCUT2D eigenvalue weighted by molar-refractivity contribution is 7.99. The number of carbonyl (C=O) groups is 3. The molecule has 0 aliphatic carbocycles. The predicted octanol–water partition coefficient (Wildman–Crippen LogP) is 4.37. The van der Waals surface area contributed by atoms with E-state index in [2.05, 4.69) is 0 Å². The zero-order valence-electron chi connectivity index (χ0n) is 17.9. The first kappa shape index (κ1) is 21.3. The predicted molar refractivity (Wildman–Crippen MR) is 122 cm³/mol. The third kappa shape index (κ3) is 4.39. The summed E-state index contributed by atoms with van der Waals surface area (Å²) in [7, 11) is 0. The van der Waals surface area contributed by atoms with E-state index in [1.54, 1.807) is 41.3 Å². The molecular weight excluding hydrogens is 440 g/mol. The van der Waals surface area contributed by atoms with Gasteiger partial charge in [0.05, 0.1) is 23.1 Å². The highest BCUT2D eigenvalue weighted by atomic mass is 32.2. The number of nitrogens with zero attached hydrogens (tertiary/aromatic N) is 2. The fraction of sp³-hybridized carbons (Fsp3) is 0.240. The van der Waals surface area contributed by atoms with Gasteiger partial charge in [0.2, 0.25) is 5.91 Å². The molecule has 0 radical (unpaired) electrons. The Hall–Kier alpha value is -3.52. The maximum atomic E-state index is 13.5. The molecule has 1 saturated heterocycles. The maximum absolute atomic E-state index is 13.5. The van der Waals surface area contributed by atoms with Crippen LogP contribution in [0, 0.1) is 0 Å². The van der Waals surface area contributed by atoms with E-state index in [0.29, 0.717) is 35.7 Å². The van der Waals surface area contributed by atoms with E-state index in [9.17, 15) is 14.4 Å². The lowest BCUT2D eigenvalue weighted by Crippen LogP contribution is -2.42. The third-order valence-corrected chi connectivity index (χ3v) is 6.89. The standard InChI is InChI=1S/C25H22N2O5S/c28-23(26-11-3-4-12-26)15-27-20-14-17(25(30)32-16-18-6-5-13-31-18)9-10-22(20)33-21-8-2-1-7-19(21)24(27)29/h1-2,5-10,13-14H,3-4,11-12,15-16H2. The van der Waals surface area contributed by atoms with Gasteiger partial charge >= 0.3 is 5.97 Å². The molecule has 1 fully saturated rings. The molecule has 0 saturated carbocycles. The summed E-state index contributed by atoms with van der Waals surface area (Å²) in [5.74, 6) is -0.344. The van der Waals surface area contributed by atoms with Crippen LogP contribution in [0.2, 0.25) is 0 Å². The Morgan fingerprint density at radius 2 is 1.82 bits per heavy atom. The first-order valence-electron chi connectivity index (χ1n) is 10.8. The number of likely N-dealkylation sites (tertiary alicyclic amines) is 1. The van der Waals surface area contributed by atoms with Crippen LogP contribution >= 0.6 is 11.8 Å². The van der Waals surface area contributed by atoms with Gasteiger partial charge < -0.3 is 14.1 Å². The Morgan fingerprint density at radius 1 is 1.00 bits per heavy atom. The average molecular weight is 463 g/mol. The fourth-order valence-corrected chi connectivity index (χ4v) is 5.08. The molecule has 168 valence electrons. The maximum Gasteiger partial charge on any atom is 0.338 e. The summed E-state index contributed by atoms with van der Waals surface area (Å²) < 4.78 is 10.6. The number of ether oxygens (including phenoxy) is 1. The van der Waals surface area contributed by atoms with E-state index in [1.807, 2.05) is 18.2 Å². The van der Waals surface area contributed by atoms with Crippen LogP contribution in [0.4, 0.5) is 5.69 Å². The van der Waals surface area contributed by atoms with E-state index >= 15 is 0 Å². The van der Waals surface area contributed by atoms with E-state index in [-0.39, 0.29) is 25.0 Å². The Kier molecular flexibility index (Phi) is 5.92. The number of fused-ring (bicyclic) bond motifs is 2. The van der Waals surface area contributed by atoms with Gasteiger partial charge in [0, 0.05) is 22.9 Å². The topological polar surface area (TPSA) is 80.1 Å². The van der Waals surface area contributed by atoms with Crippen molar-refractivity contribution in [3.8, 4) is 0 Å². The second kappa shape index (κ2) is 9.15. The largest absolute Gasteiger partial charge is 0.466 e. The monoisotopic (exact) mass is 462 g/mol. The summed E-state index contributed by atoms with van der Waals surface area (Å²) in [6.45, 7) is 1.35. The number of benzene rings is 2. The van der Waals surface area contributed by atoms with Gasteiger partial charge in [0.25, 0.3) is 5.91 Å². The first-order chi connectivity index (χ1) is 16.1. The van der Waals surface area contributed by atoms with Crippen LogP contribution in [-0.4, -0.2) is 42.3 Å². The van der Waals surface area contributed by atoms with Gasteiger partial charge in [-0.25, -0.2) is 4.79 Å². The number of carbonyl (C=O) groups excluding carboxylic acids is 3. The van der Waals surface area contributed by atoms with E-state index < -0.39 is 5.97 Å². The molecule has 0 bridgehead atoms. The summed E-state index contributed by atoms with van der Waals surface area (Å²) in [5.41, 5.74) is 1.37. The molecule has 2 aliphatic heterocycles. The van der Waals surface area contributed by atoms with Gasteiger partial charge in [-0.2, -0.15) is 0 Å². The van der Waals surface area contributed by atoms with Crippen molar-refractivity contribution < 1.29 is 23.5 Å². The molecule has 1 aromatic heterocycles. The quantitative estimate of drug-likeness (QED) is 0.524. The van der Waals surface area contributed by atoms with Crippen molar-refractivity contribution in [1.29, 1.82) is 0 Å². The third-order valence-electron chi connectivity index (χ3n) is 5.75. The number of hydrogen-bond acceptors (Lipinski definition) is 6. The van der Waals surface area contributed by atoms with Crippen molar-refractivity contribution in [3.05, 3.63) is 77.7 Å². The summed E-state index contributed by atoms with van der Waals surface area (Å²) in [6.07, 6.45) is 3.46. The zero-order valence-corrected chi connectivity index (χ0v) is 18.7. The van der Waals surface area contributed by atoms with Crippen LogP contribution in [0.5, 0.6) is 0 Å². The number of amides is 2. The van der Waals surface area contributed by atoms with Crippen LogP contribution in [-0.2, 0) is 16.1 Å². The lowest BCUT2D eigenvalue weighted by molar-refractivity contribution is -0.128. The highest BCUT2D eigenvalue weighted by Gasteiger charge is 2.31. The molecule has 3 heterocycles. The minimum atomic E-state index is -0.528. The van der Waals surface area contributed by atoms with Crippen molar-refractivity contribution in [3.63, 3.8) is 0 Å². The van der Waals surface area contributed by atoms with Crippen LogP contribution < -0.4 is 4.90 Å². The number of hydrogen-bond donors (Lipinski definition) is 0. The molecule has 2 aliphatic rings. The van der Waals surface area contributed by atoms with Crippen LogP contribution in [0.25, 0.3) is 0 Å². The number of rotatable bonds is 5. The van der Waals surface area contributed by atoms with Crippen LogP contribution in [0.1, 0.15) is 39.3 Å². The van der Waals surface area contributed by atoms with Crippen molar-refractivity contribution in [1.82, 2.24) is 4.90 Å². The Balaban J connectivity index is 1.47. The highest BCUT2D eigenvalue weighted by Crippen LogP contribution is 2.41. The second-order valence-electron chi connectivity index (χ2n) is 7.92. The smallest absolute Gasteiger partial charge is 0.338 e. The molecule has 0 N–H and O–H groups in total. The van der Waals surface area contributed by atoms with Crippen molar-refractivity contribution >= 4 is 35.2 Å². The Labute approximate surface area is 195 Å². The van der Waals surface area contributed by atoms with Gasteiger partial charge in [0.1, 0.15) is 18.9 Å². The fourth-order valence-electron chi connectivity index (χ4n) is 4.02. The lowest BCUT2D eigenvalue weighted by Gasteiger charge is -2.25. The second-order valence-corrected chi connectivity index (χ2v) is 9.00. The first-order valence-corrected chi connectivity index (χ1v) is 11.6. The number of anilines is 1. The minimum absolute atomic E-state index is 0.0131. The van der Waals surface area contributed by atoms with E-state index in [1.165, 1.54) is 22.9 Å². The van der Waals surface area contributed by atoms with Gasteiger partial charge in [-0.3, -0.25) is 14.5 Å². The molecule has 7 nitrogen and oxygen atoms in total. The molecule has 2 amide bonds. The molecule has 0 unspecified atom stereocenters. The van der Waals surface area contributed by atoms with E-state index in [4.69, 9.17) is 9.15 Å². The minimum Gasteiger partial charge on any atom is -0.466 e. The molecule has 0 atom stereocenters. The number of furan rings is 1. The van der Waals surface area contributed by atoms with Gasteiger partial charge in [-0.1, -0.05) is 23.9 Å². The molecular formula is C25H22N2O5S. The van der Waals surface area contributed by atoms with Gasteiger partial charge in [-0.05, 0) is 55.3 Å². The summed E-state index contributed by atoms with van der Waals surface area (Å²) >= 11 is 1.45. The number of esters is 1. The van der Waals surface area contributed by atoms with Gasteiger partial charge in [-0.15, -0.1) is 0 Å². The van der Waals surface area contributed by atoms with Gasteiger partial charge in [0.15, 0.2) is 0 Å². The molecule has 0 spiro atoms. The lowest BCUT2D eigenvalue weighted by atomic mass is 10.1. The summed E-state index contributed by atoms with van der Waals surface area (Å²) in [6, 6.07) is 15.9. The Morgan fingerprint density at radius 3 is 2.61 bits per heavy atom. The van der Waals surface area contributed by atoms with Crippen LogP contribution in [0.15, 0.2) is 75.1 Å². The van der Waals surface area contributed by atoms with E-state index in [0.717, 1.165) is 22.6 Å². The molecule has 2 aromatic carbocycles. The van der Waals surface area contributed by atoms with Crippen molar-refractivity contribution in [2.45, 2.75) is 29.2 Å². The molecule has 3 aromatic rings. The summed E-state index contributed by atoms with van der Waals surface area (Å²) in [4.78, 5) is 44.1. The van der Waals surface area contributed by atoms with Crippen molar-refractivity contribution in [2.75, 3.05) is 24.5 Å². The average Bonchev–Trinajstić information content (AvgIpc) is 3.54. The SMILES string of the molecule is O=C(OCc1ccco1)c1ccc2c(c1)N(CC(=O)N1CCCC1)C(=O)c1ccccc1S2. The van der Waals surface area contributed by atoms with Crippen LogP contribution in [0.3, 0.4) is 0 Å². The normalized spacial score (nSPS) is 15.1. The molecule has 33 heavy (non-hydrogen) atoms. The Bertz CT molecular complexity index is 1200. The molecule has 8 heteroatoms. The van der Waals surface area contributed by atoms with Crippen molar-refractivity contribution in [2.24, 2.45) is 0 Å². The summed E-state index contributed by atoms with van der Waals surface area (Å²) in [5, 5.41) is 0.